The van der Waals surface area contributed by atoms with Gasteiger partial charge in [-0.1, -0.05) is 176 Å². The number of para-hydroxylation sites is 3. The van der Waals surface area contributed by atoms with E-state index in [1.165, 1.54) is 26.5 Å². The lowest BCUT2D eigenvalue weighted by Gasteiger charge is -2.14. The van der Waals surface area contributed by atoms with Crippen LogP contribution in [0, 0.1) is 0 Å². The van der Waals surface area contributed by atoms with Crippen LogP contribution in [0.4, 0.5) is 0 Å². The first-order chi connectivity index (χ1) is 30.7. The Bertz CT molecular complexity index is 3520. The molecular weight excluding hydrogens is 775 g/mol. The molecule has 0 fully saturated rings. The van der Waals surface area contributed by atoms with Crippen molar-refractivity contribution in [3.05, 3.63) is 212 Å². The van der Waals surface area contributed by atoms with E-state index in [0.717, 1.165) is 71.5 Å². The van der Waals surface area contributed by atoms with Crippen LogP contribution in [0.2, 0.25) is 0 Å². The second-order valence-corrected chi connectivity index (χ2v) is 16.4. The summed E-state index contributed by atoms with van der Waals surface area (Å²) in [5.74, 6) is 1.89. The number of aromatic nitrogens is 5. The fourth-order valence-electron chi connectivity index (χ4n) is 8.81. The minimum Gasteiger partial charge on any atom is -0.309 e. The summed E-state index contributed by atoms with van der Waals surface area (Å²) in [6.45, 7) is 0. The second kappa shape index (κ2) is 14.9. The average Bonchev–Trinajstić information content (AvgIpc) is 3.92. The first-order valence-corrected chi connectivity index (χ1v) is 21.5. The number of hydrogen-bond donors (Lipinski definition) is 0. The molecule has 4 aromatic heterocycles. The van der Waals surface area contributed by atoms with Crippen LogP contribution in [0.15, 0.2) is 212 Å². The summed E-state index contributed by atoms with van der Waals surface area (Å²) < 4.78 is 3.59. The van der Waals surface area contributed by atoms with Crippen LogP contribution < -0.4 is 0 Å². The highest BCUT2D eigenvalue weighted by atomic mass is 32.1. The van der Waals surface area contributed by atoms with Gasteiger partial charge < -0.3 is 4.57 Å². The fraction of sp³-hybridized carbons (Fsp3) is 0. The highest BCUT2D eigenvalue weighted by molar-refractivity contribution is 7.24. The van der Waals surface area contributed by atoms with Gasteiger partial charge in [0, 0.05) is 64.6 Å². The molecule has 6 heteroatoms. The molecule has 0 amide bonds. The third-order valence-corrected chi connectivity index (χ3v) is 12.9. The van der Waals surface area contributed by atoms with Gasteiger partial charge in [-0.2, -0.15) is 0 Å². The van der Waals surface area contributed by atoms with E-state index < -0.39 is 0 Å². The molecule has 0 bridgehead atoms. The second-order valence-electron chi connectivity index (χ2n) is 15.4. The Morgan fingerprint density at radius 2 is 0.839 bits per heavy atom. The van der Waals surface area contributed by atoms with Crippen molar-refractivity contribution in [1.29, 1.82) is 0 Å². The molecule has 0 N–H and O–H groups in total. The minimum atomic E-state index is 0.618. The Balaban J connectivity index is 1.12. The molecule has 62 heavy (non-hydrogen) atoms. The van der Waals surface area contributed by atoms with Gasteiger partial charge in [0.1, 0.15) is 0 Å². The zero-order valence-corrected chi connectivity index (χ0v) is 34.2. The predicted octanol–water partition coefficient (Wildman–Crippen LogP) is 14.7. The molecule has 12 aromatic rings. The van der Waals surface area contributed by atoms with Crippen LogP contribution in [-0.2, 0) is 0 Å². The summed E-state index contributed by atoms with van der Waals surface area (Å²) in [4.78, 5) is 21.8. The smallest absolute Gasteiger partial charge is 0.164 e. The van der Waals surface area contributed by atoms with Gasteiger partial charge >= 0.3 is 0 Å². The highest BCUT2D eigenvalue weighted by Gasteiger charge is 2.24. The molecular formula is C56H35N5S. The molecule has 0 aliphatic carbocycles. The Hall–Kier alpha value is -8.06. The van der Waals surface area contributed by atoms with Gasteiger partial charge in [-0.05, 0) is 47.5 Å². The Labute approximate surface area is 361 Å². The first kappa shape index (κ1) is 35.8. The van der Waals surface area contributed by atoms with Gasteiger partial charge in [0.2, 0.25) is 0 Å². The average molecular weight is 810 g/mol. The molecule has 290 valence electrons. The summed E-state index contributed by atoms with van der Waals surface area (Å²) in [5, 5.41) is 4.74. The number of thiophene rings is 1. The molecule has 0 saturated heterocycles. The molecule has 0 spiro atoms. The fourth-order valence-corrected chi connectivity index (χ4v) is 10.2. The van der Waals surface area contributed by atoms with E-state index in [1.807, 2.05) is 72.0 Å². The van der Waals surface area contributed by atoms with Crippen LogP contribution in [-0.4, -0.2) is 24.5 Å². The molecule has 5 nitrogen and oxygen atoms in total. The summed E-state index contributed by atoms with van der Waals surface area (Å²) in [7, 11) is 0. The number of fused-ring (bicyclic) bond motifs is 6. The van der Waals surface area contributed by atoms with Gasteiger partial charge in [0.05, 0.1) is 22.2 Å². The summed E-state index contributed by atoms with van der Waals surface area (Å²) >= 11 is 1.82. The summed E-state index contributed by atoms with van der Waals surface area (Å²) in [5.41, 5.74) is 12.6. The SMILES string of the molecule is c1ccc(-c2nc(-c3ccccc3)nc(-c3cccc(-c4sc5c(c(-c6ccccc6)nc6ccccc65)c4-c4cccc(-n5c6ccccc6c6ccccc65)c4)c3)n2)cc1. The van der Waals surface area contributed by atoms with Crippen molar-refractivity contribution < 1.29 is 0 Å². The van der Waals surface area contributed by atoms with Gasteiger partial charge in [-0.25, -0.2) is 19.9 Å². The van der Waals surface area contributed by atoms with Crippen molar-refractivity contribution in [1.82, 2.24) is 24.5 Å². The maximum atomic E-state index is 5.44. The Morgan fingerprint density at radius 1 is 0.355 bits per heavy atom. The molecule has 8 aromatic carbocycles. The van der Waals surface area contributed by atoms with Crippen LogP contribution in [0.1, 0.15) is 0 Å². The van der Waals surface area contributed by atoms with Crippen molar-refractivity contribution in [2.24, 2.45) is 0 Å². The normalized spacial score (nSPS) is 11.5. The van der Waals surface area contributed by atoms with Crippen molar-refractivity contribution >= 4 is 54.1 Å². The molecule has 4 heterocycles. The van der Waals surface area contributed by atoms with Crippen LogP contribution in [0.25, 0.3) is 115 Å². The highest BCUT2D eigenvalue weighted by Crippen LogP contribution is 2.50. The van der Waals surface area contributed by atoms with E-state index in [1.54, 1.807) is 0 Å². The van der Waals surface area contributed by atoms with E-state index in [0.29, 0.717) is 17.5 Å². The number of benzene rings is 8. The van der Waals surface area contributed by atoms with E-state index in [2.05, 4.69) is 156 Å². The number of hydrogen-bond acceptors (Lipinski definition) is 5. The maximum Gasteiger partial charge on any atom is 0.164 e. The number of pyridine rings is 1. The van der Waals surface area contributed by atoms with Crippen molar-refractivity contribution in [2.45, 2.75) is 0 Å². The summed E-state index contributed by atoms with van der Waals surface area (Å²) in [6, 6.07) is 74.4. The van der Waals surface area contributed by atoms with Crippen LogP contribution >= 0.6 is 11.3 Å². The van der Waals surface area contributed by atoms with E-state index in [-0.39, 0.29) is 0 Å². The van der Waals surface area contributed by atoms with Gasteiger partial charge in [-0.15, -0.1) is 11.3 Å². The quantitative estimate of drug-likeness (QED) is 0.161. The number of rotatable bonds is 7. The molecule has 12 rings (SSSR count). The topological polar surface area (TPSA) is 56.5 Å². The lowest BCUT2D eigenvalue weighted by atomic mass is 9.94. The monoisotopic (exact) mass is 809 g/mol. The van der Waals surface area contributed by atoms with Gasteiger partial charge in [-0.3, -0.25) is 0 Å². The molecule has 0 radical (unpaired) electrons. The third-order valence-electron chi connectivity index (χ3n) is 11.6. The van der Waals surface area contributed by atoms with E-state index in [4.69, 9.17) is 19.9 Å². The first-order valence-electron chi connectivity index (χ1n) is 20.7. The summed E-state index contributed by atoms with van der Waals surface area (Å²) in [6.07, 6.45) is 0. The molecule has 0 atom stereocenters. The standard InChI is InChI=1S/C56H35N5S/c1-4-18-36(19-5-1)51-50-49(39-24-17-27-42(35-39)61-47-32-14-11-28-43(47)44-29-12-15-33-48(44)61)52(62-53(50)45-30-10-13-31-46(45)57-51)40-25-16-26-41(34-40)56-59-54(37-20-6-2-7-21-37)58-55(60-56)38-22-8-3-9-23-38/h1-35H. The predicted molar refractivity (Wildman–Crippen MR) is 257 cm³/mol. The molecule has 0 saturated carbocycles. The molecule has 0 aliphatic rings. The lowest BCUT2D eigenvalue weighted by Crippen LogP contribution is -2.00. The Kier molecular flexibility index (Phi) is 8.61. The molecule has 0 unspecified atom stereocenters. The van der Waals surface area contributed by atoms with E-state index >= 15 is 0 Å². The van der Waals surface area contributed by atoms with Gasteiger partial charge in [0.25, 0.3) is 0 Å². The zero-order valence-electron chi connectivity index (χ0n) is 33.4. The van der Waals surface area contributed by atoms with Crippen molar-refractivity contribution in [2.75, 3.05) is 0 Å². The van der Waals surface area contributed by atoms with E-state index in [9.17, 15) is 0 Å². The van der Waals surface area contributed by atoms with Crippen LogP contribution in [0.5, 0.6) is 0 Å². The largest absolute Gasteiger partial charge is 0.309 e. The number of nitrogens with zero attached hydrogens (tertiary/aromatic N) is 5. The maximum absolute atomic E-state index is 5.44. The molecule has 0 aliphatic heterocycles. The Morgan fingerprint density at radius 3 is 1.48 bits per heavy atom. The lowest BCUT2D eigenvalue weighted by molar-refractivity contribution is 1.07. The minimum absolute atomic E-state index is 0.618. The van der Waals surface area contributed by atoms with Crippen molar-refractivity contribution in [3.63, 3.8) is 0 Å². The zero-order chi connectivity index (χ0) is 41.0. The third kappa shape index (κ3) is 6.08. The van der Waals surface area contributed by atoms with Gasteiger partial charge in [0.15, 0.2) is 17.5 Å². The van der Waals surface area contributed by atoms with Crippen molar-refractivity contribution in [3.8, 4) is 72.7 Å². The van der Waals surface area contributed by atoms with Crippen LogP contribution in [0.3, 0.4) is 0 Å².